The molecule has 1 fully saturated rings. The quantitative estimate of drug-likeness (QED) is 0.840. The summed E-state index contributed by atoms with van der Waals surface area (Å²) in [6, 6.07) is 3.85. The smallest absolute Gasteiger partial charge is 0.234 e. The molecule has 1 saturated heterocycles. The summed E-state index contributed by atoms with van der Waals surface area (Å²) in [5.74, 6) is -0.220. The van der Waals surface area contributed by atoms with Gasteiger partial charge in [-0.3, -0.25) is 14.7 Å². The van der Waals surface area contributed by atoms with Crippen LogP contribution in [0.2, 0.25) is 0 Å². The van der Waals surface area contributed by atoms with Crippen molar-refractivity contribution in [2.24, 2.45) is 5.73 Å². The second-order valence-electron chi connectivity index (χ2n) is 4.95. The van der Waals surface area contributed by atoms with Gasteiger partial charge in [0.15, 0.2) is 0 Å². The molecule has 1 atom stereocenters. The summed E-state index contributed by atoms with van der Waals surface area (Å²) in [7, 11) is 0. The Morgan fingerprint density at radius 2 is 2.42 bits per heavy atom. The molecule has 2 heterocycles. The molecule has 0 spiro atoms. The van der Waals surface area contributed by atoms with Crippen LogP contribution in [0, 0.1) is 0 Å². The number of nitrogens with one attached hydrogen (secondary N) is 1. The Morgan fingerprint density at radius 3 is 3.16 bits per heavy atom. The lowest BCUT2D eigenvalue weighted by Gasteiger charge is -2.33. The molecule has 0 bridgehead atoms. The van der Waals surface area contributed by atoms with Gasteiger partial charge in [-0.05, 0) is 38.4 Å². The van der Waals surface area contributed by atoms with E-state index >= 15 is 0 Å². The van der Waals surface area contributed by atoms with Crippen LogP contribution in [-0.4, -0.2) is 34.9 Å². The topological polar surface area (TPSA) is 71.2 Å². The predicted octanol–water partition coefficient (Wildman–Crippen LogP) is 1.35. The zero-order valence-corrected chi connectivity index (χ0v) is 11.4. The van der Waals surface area contributed by atoms with Crippen molar-refractivity contribution in [2.45, 2.75) is 38.8 Å². The van der Waals surface area contributed by atoms with Gasteiger partial charge in [-0.25, -0.2) is 0 Å². The molecule has 0 aromatic carbocycles. The maximum Gasteiger partial charge on any atom is 0.234 e. The Hall–Kier alpha value is -1.62. The summed E-state index contributed by atoms with van der Waals surface area (Å²) in [5, 5.41) is 3.27. The van der Waals surface area contributed by atoms with E-state index in [1.54, 1.807) is 6.20 Å². The normalized spacial score (nSPS) is 20.2. The van der Waals surface area contributed by atoms with Gasteiger partial charge in [0.2, 0.25) is 5.91 Å². The molecule has 3 N–H and O–H groups in total. The number of rotatable bonds is 5. The minimum absolute atomic E-state index is 0.140. The molecule has 0 saturated carbocycles. The molecule has 2 rings (SSSR count). The van der Waals surface area contributed by atoms with E-state index in [4.69, 9.17) is 5.73 Å². The summed E-state index contributed by atoms with van der Waals surface area (Å²) in [6.45, 7) is 4.55. The monoisotopic (exact) mass is 262 g/mol. The van der Waals surface area contributed by atoms with Gasteiger partial charge in [0.05, 0.1) is 11.7 Å². The second kappa shape index (κ2) is 6.52. The second-order valence-corrected chi connectivity index (χ2v) is 4.95. The maximum absolute atomic E-state index is 11.5. The molecule has 1 unspecified atom stereocenters. The Balaban J connectivity index is 2.06. The van der Waals surface area contributed by atoms with Crippen LogP contribution < -0.4 is 11.1 Å². The Bertz CT molecular complexity index is 435. The van der Waals surface area contributed by atoms with Gasteiger partial charge in [-0.1, -0.05) is 6.42 Å². The zero-order chi connectivity index (χ0) is 13.7. The van der Waals surface area contributed by atoms with Gasteiger partial charge < -0.3 is 11.1 Å². The van der Waals surface area contributed by atoms with E-state index in [0.717, 1.165) is 43.7 Å². The Kier molecular flexibility index (Phi) is 4.74. The van der Waals surface area contributed by atoms with Crippen LogP contribution >= 0.6 is 0 Å². The van der Waals surface area contributed by atoms with Gasteiger partial charge in [-0.15, -0.1) is 0 Å². The van der Waals surface area contributed by atoms with E-state index in [1.807, 2.05) is 12.1 Å². The number of piperidine rings is 1. The van der Waals surface area contributed by atoms with Crippen LogP contribution in [0.3, 0.4) is 0 Å². The van der Waals surface area contributed by atoms with Gasteiger partial charge >= 0.3 is 0 Å². The van der Waals surface area contributed by atoms with Crippen molar-refractivity contribution in [2.75, 3.05) is 18.4 Å². The van der Waals surface area contributed by atoms with Crippen LogP contribution in [0.4, 0.5) is 5.69 Å². The molecule has 5 heteroatoms. The first-order chi connectivity index (χ1) is 9.20. The molecule has 0 radical (unpaired) electrons. The summed E-state index contributed by atoms with van der Waals surface area (Å²) >= 11 is 0. The molecular weight excluding hydrogens is 240 g/mol. The molecule has 1 amide bonds. The molecule has 0 aliphatic carbocycles. The fourth-order valence-electron chi connectivity index (χ4n) is 2.59. The number of carbonyl (C=O) groups is 1. The minimum Gasteiger partial charge on any atom is -0.385 e. The van der Waals surface area contributed by atoms with Gasteiger partial charge in [0.1, 0.15) is 0 Å². The van der Waals surface area contributed by atoms with Crippen molar-refractivity contribution >= 4 is 11.6 Å². The fraction of sp³-hybridized carbons (Fsp3) is 0.571. The molecule has 19 heavy (non-hydrogen) atoms. The van der Waals surface area contributed by atoms with E-state index in [0.29, 0.717) is 6.54 Å². The highest BCUT2D eigenvalue weighted by Crippen LogP contribution is 2.19. The first-order valence-electron chi connectivity index (χ1n) is 6.93. The maximum atomic E-state index is 11.5. The number of carbonyl (C=O) groups excluding carboxylic acids is 1. The predicted molar refractivity (Wildman–Crippen MR) is 75.6 cm³/mol. The van der Waals surface area contributed by atoms with Gasteiger partial charge in [0, 0.05) is 25.0 Å². The third kappa shape index (κ3) is 3.67. The summed E-state index contributed by atoms with van der Waals surface area (Å²) in [6.07, 6.45) is 4.87. The molecule has 5 nitrogen and oxygen atoms in total. The van der Waals surface area contributed by atoms with Gasteiger partial charge in [0.25, 0.3) is 0 Å². The van der Waals surface area contributed by atoms with Crippen LogP contribution in [0.15, 0.2) is 18.3 Å². The largest absolute Gasteiger partial charge is 0.385 e. The van der Waals surface area contributed by atoms with Crippen LogP contribution in [0.25, 0.3) is 0 Å². The summed E-state index contributed by atoms with van der Waals surface area (Å²) in [5.41, 5.74) is 7.52. The minimum atomic E-state index is -0.220. The Labute approximate surface area is 114 Å². The molecule has 1 aromatic heterocycles. The first kappa shape index (κ1) is 13.8. The number of primary amides is 1. The number of hydrogen-bond donors (Lipinski definition) is 2. The average molecular weight is 262 g/mol. The van der Waals surface area contributed by atoms with Crippen LogP contribution in [0.1, 0.15) is 31.9 Å². The lowest BCUT2D eigenvalue weighted by molar-refractivity contribution is -0.124. The highest BCUT2D eigenvalue weighted by Gasteiger charge is 2.26. The number of amides is 1. The third-order valence-electron chi connectivity index (χ3n) is 3.50. The number of likely N-dealkylation sites (tertiary alicyclic amines) is 1. The van der Waals surface area contributed by atoms with Crippen molar-refractivity contribution in [3.05, 3.63) is 24.0 Å². The molecule has 1 aliphatic heterocycles. The number of nitrogens with zero attached hydrogens (tertiary/aromatic N) is 2. The van der Waals surface area contributed by atoms with Crippen LogP contribution in [-0.2, 0) is 11.3 Å². The molecular formula is C14H22N4O. The lowest BCUT2D eigenvalue weighted by atomic mass is 10.0. The molecule has 1 aromatic rings. The van der Waals surface area contributed by atoms with Crippen molar-refractivity contribution in [3.63, 3.8) is 0 Å². The van der Waals surface area contributed by atoms with E-state index in [1.165, 1.54) is 0 Å². The van der Waals surface area contributed by atoms with Gasteiger partial charge in [-0.2, -0.15) is 0 Å². The lowest BCUT2D eigenvalue weighted by Crippen LogP contribution is -2.47. The number of anilines is 1. The van der Waals surface area contributed by atoms with Crippen molar-refractivity contribution in [3.8, 4) is 0 Å². The average Bonchev–Trinajstić information content (AvgIpc) is 2.40. The van der Waals surface area contributed by atoms with Crippen molar-refractivity contribution < 1.29 is 4.79 Å². The van der Waals surface area contributed by atoms with Crippen molar-refractivity contribution in [1.29, 1.82) is 0 Å². The van der Waals surface area contributed by atoms with E-state index in [9.17, 15) is 4.79 Å². The first-order valence-corrected chi connectivity index (χ1v) is 6.93. The zero-order valence-electron chi connectivity index (χ0n) is 11.4. The standard InChI is InChI=1S/C14H22N4O/c1-2-16-11-6-7-17-12(9-11)10-18-8-4-3-5-13(18)14(15)19/h6-7,9,13H,2-5,8,10H2,1H3,(H2,15,19)(H,16,17). The SMILES string of the molecule is CCNc1ccnc(CN2CCCCC2C(N)=O)c1. The number of pyridine rings is 1. The highest BCUT2D eigenvalue weighted by atomic mass is 16.1. The van der Waals surface area contributed by atoms with E-state index in [-0.39, 0.29) is 11.9 Å². The van der Waals surface area contributed by atoms with Crippen LogP contribution in [0.5, 0.6) is 0 Å². The fourth-order valence-corrected chi connectivity index (χ4v) is 2.59. The summed E-state index contributed by atoms with van der Waals surface area (Å²) < 4.78 is 0. The molecule has 104 valence electrons. The van der Waals surface area contributed by atoms with Crippen molar-refractivity contribution in [1.82, 2.24) is 9.88 Å². The highest BCUT2D eigenvalue weighted by molar-refractivity contribution is 5.79. The number of nitrogens with two attached hydrogens (primary N) is 1. The number of aromatic nitrogens is 1. The third-order valence-corrected chi connectivity index (χ3v) is 3.50. The van der Waals surface area contributed by atoms with E-state index in [2.05, 4.69) is 22.1 Å². The summed E-state index contributed by atoms with van der Waals surface area (Å²) in [4.78, 5) is 18.0. The number of hydrogen-bond acceptors (Lipinski definition) is 4. The molecule has 1 aliphatic rings. The Morgan fingerprint density at radius 1 is 1.58 bits per heavy atom. The van der Waals surface area contributed by atoms with E-state index < -0.39 is 0 Å².